The van der Waals surface area contributed by atoms with Crippen molar-refractivity contribution in [3.8, 4) is 0 Å². The molecule has 0 aliphatic carbocycles. The average Bonchev–Trinajstić information content (AvgIpc) is 2.60. The molecule has 0 bridgehead atoms. The van der Waals surface area contributed by atoms with E-state index in [2.05, 4.69) is 5.32 Å². The Balaban J connectivity index is 2.41. The van der Waals surface area contributed by atoms with Crippen molar-refractivity contribution in [2.24, 2.45) is 0 Å². The summed E-state index contributed by atoms with van der Waals surface area (Å²) in [6, 6.07) is 8.58. The van der Waals surface area contributed by atoms with Crippen molar-refractivity contribution in [2.45, 2.75) is 25.7 Å². The second-order valence-corrected chi connectivity index (χ2v) is 7.97. The first-order chi connectivity index (χ1) is 12.2. The minimum absolute atomic E-state index is 0.0171. The smallest absolute Gasteiger partial charge is 0.256 e. The van der Waals surface area contributed by atoms with E-state index in [1.807, 2.05) is 0 Å². The van der Waals surface area contributed by atoms with Gasteiger partial charge in [0.1, 0.15) is 0 Å². The van der Waals surface area contributed by atoms with E-state index in [0.717, 1.165) is 0 Å². The molecule has 0 fully saturated rings. The number of hydrogen-bond donors (Lipinski definition) is 1. The minimum Gasteiger partial charge on any atom is -0.319 e. The summed E-state index contributed by atoms with van der Waals surface area (Å²) >= 11 is 5.72. The zero-order valence-corrected chi connectivity index (χ0v) is 16.3. The first-order valence-electron chi connectivity index (χ1n) is 8.08. The third kappa shape index (κ3) is 4.06. The van der Waals surface area contributed by atoms with Crippen LogP contribution >= 0.6 is 11.6 Å². The Bertz CT molecular complexity index is 928. The number of halogens is 2. The Morgan fingerprint density at radius 1 is 1.19 bits per heavy atom. The highest BCUT2D eigenvalue weighted by Crippen LogP contribution is 2.24. The molecule has 0 saturated carbocycles. The van der Waals surface area contributed by atoms with Gasteiger partial charge < -0.3 is 5.32 Å². The standard InChI is InChI=1S/C18H20ClFN2O3S/c1-4-22(5-2)26(24,25)13-10-9-12(3)14(11-13)18(23)21-16-8-6-7-15(19)17(16)20/h6-11H,4-5H2,1-3H3,(H,21,23). The number of nitrogens with one attached hydrogen (secondary N) is 1. The number of carbonyl (C=O) groups excluding carboxylic acids is 1. The number of hydrogen-bond acceptors (Lipinski definition) is 3. The molecule has 0 atom stereocenters. The van der Waals surface area contributed by atoms with Gasteiger partial charge in [0.05, 0.1) is 15.6 Å². The lowest BCUT2D eigenvalue weighted by molar-refractivity contribution is 0.102. The van der Waals surface area contributed by atoms with Crippen LogP contribution in [0.15, 0.2) is 41.3 Å². The third-order valence-corrected chi connectivity index (χ3v) is 6.33. The highest BCUT2D eigenvalue weighted by molar-refractivity contribution is 7.89. The molecule has 0 spiro atoms. The molecule has 0 aliphatic heterocycles. The monoisotopic (exact) mass is 398 g/mol. The summed E-state index contributed by atoms with van der Waals surface area (Å²) in [7, 11) is -3.70. The Kier molecular flexibility index (Phi) is 6.39. The summed E-state index contributed by atoms with van der Waals surface area (Å²) < 4.78 is 40.6. The zero-order valence-electron chi connectivity index (χ0n) is 14.7. The number of amides is 1. The van der Waals surface area contributed by atoms with Crippen molar-refractivity contribution in [2.75, 3.05) is 18.4 Å². The number of carbonyl (C=O) groups is 1. The number of benzene rings is 2. The number of rotatable bonds is 6. The molecule has 5 nitrogen and oxygen atoms in total. The quantitative estimate of drug-likeness (QED) is 0.797. The van der Waals surface area contributed by atoms with Crippen molar-refractivity contribution in [3.63, 3.8) is 0 Å². The molecule has 2 rings (SSSR count). The van der Waals surface area contributed by atoms with Gasteiger partial charge in [-0.05, 0) is 36.8 Å². The van der Waals surface area contributed by atoms with Gasteiger partial charge in [0.25, 0.3) is 5.91 Å². The molecule has 0 heterocycles. The molecule has 8 heteroatoms. The van der Waals surface area contributed by atoms with Gasteiger partial charge in [-0.25, -0.2) is 12.8 Å². The molecule has 26 heavy (non-hydrogen) atoms. The van der Waals surface area contributed by atoms with Crippen molar-refractivity contribution >= 4 is 33.2 Å². The van der Waals surface area contributed by atoms with Crippen LogP contribution in [0.1, 0.15) is 29.8 Å². The van der Waals surface area contributed by atoms with Crippen LogP contribution in [0.2, 0.25) is 5.02 Å². The first kappa shape index (κ1) is 20.4. The van der Waals surface area contributed by atoms with E-state index in [-0.39, 0.29) is 21.2 Å². The molecule has 1 N–H and O–H groups in total. The number of aryl methyl sites for hydroxylation is 1. The van der Waals surface area contributed by atoms with Gasteiger partial charge in [0, 0.05) is 18.7 Å². The molecule has 0 saturated heterocycles. The van der Waals surface area contributed by atoms with Gasteiger partial charge in [0.15, 0.2) is 5.82 Å². The van der Waals surface area contributed by atoms with Crippen molar-refractivity contribution in [1.82, 2.24) is 4.31 Å². The maximum absolute atomic E-state index is 14.0. The molecule has 0 aromatic heterocycles. The average molecular weight is 399 g/mol. The van der Waals surface area contributed by atoms with Gasteiger partial charge in [-0.2, -0.15) is 4.31 Å². The van der Waals surface area contributed by atoms with E-state index in [1.165, 1.54) is 34.6 Å². The van der Waals surface area contributed by atoms with Crippen LogP contribution in [0.4, 0.5) is 10.1 Å². The zero-order chi connectivity index (χ0) is 19.5. The van der Waals surface area contributed by atoms with Crippen molar-refractivity contribution < 1.29 is 17.6 Å². The minimum atomic E-state index is -3.70. The topological polar surface area (TPSA) is 66.5 Å². The Labute approximate surface area is 157 Å². The van der Waals surface area contributed by atoms with Gasteiger partial charge in [-0.3, -0.25) is 4.79 Å². The molecular formula is C18H20ClFN2O3S. The number of nitrogens with zero attached hydrogens (tertiary/aromatic N) is 1. The van der Waals surface area contributed by atoms with Crippen molar-refractivity contribution in [1.29, 1.82) is 0 Å². The van der Waals surface area contributed by atoms with E-state index < -0.39 is 21.7 Å². The fraction of sp³-hybridized carbons (Fsp3) is 0.278. The molecule has 140 valence electrons. The summed E-state index contributed by atoms with van der Waals surface area (Å²) in [5, 5.41) is 2.32. The summed E-state index contributed by atoms with van der Waals surface area (Å²) in [6.45, 7) is 5.80. The maximum atomic E-state index is 14.0. The Hall–Kier alpha value is -1.96. The van der Waals surface area contributed by atoms with E-state index in [4.69, 9.17) is 11.6 Å². The van der Waals surface area contributed by atoms with Gasteiger partial charge in [-0.15, -0.1) is 0 Å². The van der Waals surface area contributed by atoms with E-state index >= 15 is 0 Å². The largest absolute Gasteiger partial charge is 0.319 e. The van der Waals surface area contributed by atoms with Crippen LogP contribution in [0, 0.1) is 12.7 Å². The maximum Gasteiger partial charge on any atom is 0.256 e. The highest BCUT2D eigenvalue weighted by Gasteiger charge is 2.23. The molecule has 0 radical (unpaired) electrons. The molecule has 1 amide bonds. The van der Waals surface area contributed by atoms with E-state index in [0.29, 0.717) is 18.7 Å². The number of anilines is 1. The molecule has 2 aromatic carbocycles. The van der Waals surface area contributed by atoms with Crippen LogP contribution in [0.25, 0.3) is 0 Å². The summed E-state index contributed by atoms with van der Waals surface area (Å²) in [4.78, 5) is 12.6. The molecule has 2 aromatic rings. The van der Waals surface area contributed by atoms with Crippen LogP contribution in [-0.4, -0.2) is 31.7 Å². The lowest BCUT2D eigenvalue weighted by Gasteiger charge is -2.19. The third-order valence-electron chi connectivity index (χ3n) is 4.00. The molecule has 0 unspecified atom stereocenters. The van der Waals surface area contributed by atoms with Gasteiger partial charge in [0.2, 0.25) is 10.0 Å². The van der Waals surface area contributed by atoms with E-state index in [9.17, 15) is 17.6 Å². The van der Waals surface area contributed by atoms with Gasteiger partial charge >= 0.3 is 0 Å². The van der Waals surface area contributed by atoms with E-state index in [1.54, 1.807) is 26.8 Å². The van der Waals surface area contributed by atoms with Crippen LogP contribution in [0.3, 0.4) is 0 Å². The normalized spacial score (nSPS) is 11.6. The van der Waals surface area contributed by atoms with Crippen molar-refractivity contribution in [3.05, 3.63) is 58.4 Å². The molecular weight excluding hydrogens is 379 g/mol. The predicted octanol–water partition coefficient (Wildman–Crippen LogP) is 4.07. The van der Waals surface area contributed by atoms with Crippen LogP contribution in [-0.2, 0) is 10.0 Å². The summed E-state index contributed by atoms with van der Waals surface area (Å²) in [5.41, 5.74) is 0.653. The first-order valence-corrected chi connectivity index (χ1v) is 9.90. The second kappa shape index (κ2) is 8.16. The Morgan fingerprint density at radius 2 is 1.85 bits per heavy atom. The summed E-state index contributed by atoms with van der Waals surface area (Å²) in [6.07, 6.45) is 0. The van der Waals surface area contributed by atoms with Crippen LogP contribution < -0.4 is 5.32 Å². The molecule has 0 aliphatic rings. The lowest BCUT2D eigenvalue weighted by Crippen LogP contribution is -2.30. The Morgan fingerprint density at radius 3 is 2.46 bits per heavy atom. The fourth-order valence-electron chi connectivity index (χ4n) is 2.51. The second-order valence-electron chi connectivity index (χ2n) is 5.62. The van der Waals surface area contributed by atoms with Gasteiger partial charge in [-0.1, -0.05) is 37.6 Å². The fourth-order valence-corrected chi connectivity index (χ4v) is 4.17. The number of sulfonamides is 1. The highest BCUT2D eigenvalue weighted by atomic mass is 35.5. The van der Waals surface area contributed by atoms with Crippen LogP contribution in [0.5, 0.6) is 0 Å². The SMILES string of the molecule is CCN(CC)S(=O)(=O)c1ccc(C)c(C(=O)Nc2cccc(Cl)c2F)c1. The summed E-state index contributed by atoms with van der Waals surface area (Å²) in [5.74, 6) is -1.35. The predicted molar refractivity (Wildman–Crippen MR) is 101 cm³/mol. The lowest BCUT2D eigenvalue weighted by atomic mass is 10.1.